The molecule has 1 aromatic heterocycles. The van der Waals surface area contributed by atoms with Gasteiger partial charge in [-0.05, 0) is 44.0 Å². The van der Waals surface area contributed by atoms with Crippen LogP contribution in [0.25, 0.3) is 11.4 Å². The zero-order valence-corrected chi connectivity index (χ0v) is 18.0. The fourth-order valence-electron chi connectivity index (χ4n) is 3.46. The third-order valence-corrected chi connectivity index (χ3v) is 6.15. The highest BCUT2D eigenvalue weighted by atomic mass is 32.2. The lowest BCUT2D eigenvalue weighted by atomic mass is 10.1. The van der Waals surface area contributed by atoms with Gasteiger partial charge in [0, 0.05) is 17.7 Å². The van der Waals surface area contributed by atoms with Crippen LogP contribution in [0.4, 0.5) is 0 Å². The number of ether oxygens (including phenoxy) is 2. The van der Waals surface area contributed by atoms with E-state index in [9.17, 15) is 4.79 Å². The Morgan fingerprint density at radius 3 is 2.60 bits per heavy atom. The quantitative estimate of drug-likeness (QED) is 0.395. The highest BCUT2D eigenvalue weighted by Gasteiger charge is 2.22. The molecule has 1 atom stereocenters. The lowest BCUT2D eigenvalue weighted by Crippen LogP contribution is -2.17. The minimum Gasteiger partial charge on any atom is -0.497 e. The largest absolute Gasteiger partial charge is 0.497 e. The van der Waals surface area contributed by atoms with Crippen molar-refractivity contribution in [3.63, 3.8) is 0 Å². The van der Waals surface area contributed by atoms with E-state index in [-0.39, 0.29) is 11.9 Å². The van der Waals surface area contributed by atoms with Gasteiger partial charge in [-0.2, -0.15) is 0 Å². The van der Waals surface area contributed by atoms with E-state index in [1.54, 1.807) is 7.11 Å². The van der Waals surface area contributed by atoms with E-state index in [1.165, 1.54) is 11.8 Å². The van der Waals surface area contributed by atoms with Gasteiger partial charge in [-0.3, -0.25) is 9.36 Å². The molecule has 2 aromatic carbocycles. The van der Waals surface area contributed by atoms with Gasteiger partial charge in [0.05, 0.1) is 25.5 Å². The van der Waals surface area contributed by atoms with Gasteiger partial charge in [0.2, 0.25) is 0 Å². The Labute approximate surface area is 180 Å². The van der Waals surface area contributed by atoms with Crippen LogP contribution in [0.5, 0.6) is 5.75 Å². The topological polar surface area (TPSA) is 66.2 Å². The number of rotatable bonds is 8. The van der Waals surface area contributed by atoms with Gasteiger partial charge in [-0.1, -0.05) is 41.6 Å². The van der Waals surface area contributed by atoms with Gasteiger partial charge >= 0.3 is 0 Å². The molecule has 156 valence electrons. The Kier molecular flexibility index (Phi) is 6.50. The highest BCUT2D eigenvalue weighted by Crippen LogP contribution is 2.28. The van der Waals surface area contributed by atoms with Crippen LogP contribution < -0.4 is 4.74 Å². The van der Waals surface area contributed by atoms with E-state index in [2.05, 4.69) is 14.8 Å². The monoisotopic (exact) mass is 423 g/mol. The molecule has 1 unspecified atom stereocenters. The zero-order valence-electron chi connectivity index (χ0n) is 17.2. The Hall–Kier alpha value is -2.64. The Balaban J connectivity index is 1.55. The molecule has 1 fully saturated rings. The van der Waals surface area contributed by atoms with E-state index >= 15 is 0 Å². The van der Waals surface area contributed by atoms with Crippen molar-refractivity contribution in [2.24, 2.45) is 0 Å². The number of benzene rings is 2. The molecule has 2 heterocycles. The summed E-state index contributed by atoms with van der Waals surface area (Å²) in [5, 5.41) is 9.56. The summed E-state index contributed by atoms with van der Waals surface area (Å²) in [6, 6.07) is 15.4. The minimum absolute atomic E-state index is 0.0812. The highest BCUT2D eigenvalue weighted by molar-refractivity contribution is 7.99. The van der Waals surface area contributed by atoms with Crippen molar-refractivity contribution in [2.45, 2.75) is 37.6 Å². The maximum atomic E-state index is 12.6. The smallest absolute Gasteiger partial charge is 0.192 e. The third kappa shape index (κ3) is 4.74. The standard InChI is InChI=1S/C23H25N3O3S/c1-16-5-7-17(8-6-16)21(27)15-30-23-25-24-22(18-9-11-19(28-2)12-10-18)26(23)14-20-4-3-13-29-20/h5-12,20H,3-4,13-15H2,1-2H3. The summed E-state index contributed by atoms with van der Waals surface area (Å²) in [7, 11) is 1.65. The van der Waals surface area contributed by atoms with Gasteiger partial charge in [0.15, 0.2) is 16.8 Å². The molecular formula is C23H25N3O3S. The number of hydrogen-bond acceptors (Lipinski definition) is 6. The third-order valence-electron chi connectivity index (χ3n) is 5.18. The second-order valence-electron chi connectivity index (χ2n) is 7.36. The molecule has 3 aromatic rings. The Morgan fingerprint density at radius 1 is 1.17 bits per heavy atom. The van der Waals surface area contributed by atoms with Gasteiger partial charge in [0.25, 0.3) is 0 Å². The molecule has 1 aliphatic heterocycles. The summed E-state index contributed by atoms with van der Waals surface area (Å²) in [5.74, 6) is 1.97. The van der Waals surface area contributed by atoms with Crippen LogP contribution in [0, 0.1) is 6.92 Å². The number of Topliss-reactive ketones (excluding diaryl/α,β-unsaturated/α-hetero) is 1. The molecule has 0 N–H and O–H groups in total. The number of thioether (sulfide) groups is 1. The first-order valence-corrected chi connectivity index (χ1v) is 11.0. The average molecular weight is 424 g/mol. The molecule has 1 saturated heterocycles. The molecule has 0 bridgehead atoms. The summed E-state index contributed by atoms with van der Waals surface area (Å²) in [5.41, 5.74) is 2.81. The lowest BCUT2D eigenvalue weighted by molar-refractivity contribution is 0.0953. The fraction of sp³-hybridized carbons (Fsp3) is 0.348. The molecule has 0 saturated carbocycles. The molecule has 6 nitrogen and oxygen atoms in total. The van der Waals surface area contributed by atoms with Gasteiger partial charge in [-0.25, -0.2) is 0 Å². The van der Waals surface area contributed by atoms with Crippen molar-refractivity contribution in [2.75, 3.05) is 19.5 Å². The lowest BCUT2D eigenvalue weighted by Gasteiger charge is -2.15. The number of nitrogens with zero attached hydrogens (tertiary/aromatic N) is 3. The van der Waals surface area contributed by atoms with Crippen LogP contribution in [0.2, 0.25) is 0 Å². The normalized spacial score (nSPS) is 16.0. The number of methoxy groups -OCH3 is 1. The predicted octanol–water partition coefficient (Wildman–Crippen LogP) is 4.42. The number of hydrogen-bond donors (Lipinski definition) is 0. The maximum absolute atomic E-state index is 12.6. The van der Waals surface area contributed by atoms with Crippen LogP contribution in [-0.2, 0) is 11.3 Å². The van der Waals surface area contributed by atoms with E-state index in [0.29, 0.717) is 17.9 Å². The molecule has 0 amide bonds. The molecule has 0 radical (unpaired) electrons. The molecule has 0 spiro atoms. The molecule has 0 aliphatic carbocycles. The fourth-order valence-corrected chi connectivity index (χ4v) is 4.30. The summed E-state index contributed by atoms with van der Waals surface area (Å²) in [6.07, 6.45) is 2.23. The van der Waals surface area contributed by atoms with Crippen molar-refractivity contribution < 1.29 is 14.3 Å². The molecule has 1 aliphatic rings. The maximum Gasteiger partial charge on any atom is 0.192 e. The summed E-state index contributed by atoms with van der Waals surface area (Å²) in [6.45, 7) is 3.48. The van der Waals surface area contributed by atoms with Crippen LogP contribution in [0.15, 0.2) is 53.7 Å². The SMILES string of the molecule is COc1ccc(-c2nnc(SCC(=O)c3ccc(C)cc3)n2CC2CCCO2)cc1. The first-order valence-electron chi connectivity index (χ1n) is 10.1. The molecule has 4 rings (SSSR count). The molecule has 7 heteroatoms. The number of carbonyl (C=O) groups is 1. The van der Waals surface area contributed by atoms with E-state index in [1.807, 2.05) is 55.5 Å². The van der Waals surface area contributed by atoms with E-state index in [0.717, 1.165) is 47.3 Å². The number of carbonyl (C=O) groups excluding carboxylic acids is 1. The van der Waals surface area contributed by atoms with Crippen LogP contribution in [-0.4, -0.2) is 46.1 Å². The summed E-state index contributed by atoms with van der Waals surface area (Å²) < 4.78 is 13.2. The molecular weight excluding hydrogens is 398 g/mol. The zero-order chi connectivity index (χ0) is 20.9. The summed E-state index contributed by atoms with van der Waals surface area (Å²) >= 11 is 1.42. The van der Waals surface area contributed by atoms with E-state index < -0.39 is 0 Å². The Morgan fingerprint density at radius 2 is 1.93 bits per heavy atom. The van der Waals surface area contributed by atoms with Crippen LogP contribution in [0.3, 0.4) is 0 Å². The van der Waals surface area contributed by atoms with Gasteiger partial charge < -0.3 is 9.47 Å². The number of ketones is 1. The van der Waals surface area contributed by atoms with Crippen LogP contribution >= 0.6 is 11.8 Å². The first kappa shape index (κ1) is 20.6. The molecule has 30 heavy (non-hydrogen) atoms. The van der Waals surface area contributed by atoms with Crippen molar-refractivity contribution in [1.82, 2.24) is 14.8 Å². The van der Waals surface area contributed by atoms with Crippen LogP contribution in [0.1, 0.15) is 28.8 Å². The van der Waals surface area contributed by atoms with Crippen molar-refractivity contribution >= 4 is 17.5 Å². The van der Waals surface area contributed by atoms with Crippen molar-refractivity contribution in [3.05, 3.63) is 59.7 Å². The van der Waals surface area contributed by atoms with Crippen molar-refractivity contribution in [3.8, 4) is 17.1 Å². The Bertz CT molecular complexity index is 994. The number of aryl methyl sites for hydroxylation is 1. The number of aromatic nitrogens is 3. The van der Waals surface area contributed by atoms with Crippen molar-refractivity contribution in [1.29, 1.82) is 0 Å². The first-order chi connectivity index (χ1) is 14.6. The predicted molar refractivity (Wildman–Crippen MR) is 117 cm³/mol. The second kappa shape index (κ2) is 9.45. The average Bonchev–Trinajstić information content (AvgIpc) is 3.43. The van der Waals surface area contributed by atoms with E-state index in [4.69, 9.17) is 9.47 Å². The minimum atomic E-state index is 0.0812. The second-order valence-corrected chi connectivity index (χ2v) is 8.30. The van der Waals surface area contributed by atoms with Gasteiger partial charge in [-0.15, -0.1) is 10.2 Å². The summed E-state index contributed by atoms with van der Waals surface area (Å²) in [4.78, 5) is 12.6. The van der Waals surface area contributed by atoms with Gasteiger partial charge in [0.1, 0.15) is 5.75 Å².